The van der Waals surface area contributed by atoms with Gasteiger partial charge in [0.25, 0.3) is 0 Å². The van der Waals surface area contributed by atoms with Gasteiger partial charge < -0.3 is 20.9 Å². The third-order valence-electron chi connectivity index (χ3n) is 7.08. The molecule has 0 radical (unpaired) electrons. The lowest BCUT2D eigenvalue weighted by Gasteiger charge is -2.30. The van der Waals surface area contributed by atoms with E-state index in [1.165, 1.54) is 27.8 Å². The lowest BCUT2D eigenvalue weighted by atomic mass is 9.94. The second kappa shape index (κ2) is 13.1. The molecule has 4 rings (SSSR count). The van der Waals surface area contributed by atoms with E-state index in [0.29, 0.717) is 16.9 Å². The van der Waals surface area contributed by atoms with Crippen LogP contribution in [0, 0.1) is 11.3 Å². The van der Waals surface area contributed by atoms with Gasteiger partial charge in [0.15, 0.2) is 0 Å². The first kappa shape index (κ1) is 29.3. The molecule has 3 aromatic carbocycles. The zero-order chi connectivity index (χ0) is 29.5. The molecule has 0 saturated carbocycles. The zero-order valence-corrected chi connectivity index (χ0v) is 23.8. The Morgan fingerprint density at radius 1 is 0.927 bits per heavy atom. The highest BCUT2D eigenvalue weighted by Gasteiger charge is 2.38. The number of hydrogen-bond donors (Lipinski definition) is 2. The van der Waals surface area contributed by atoms with Gasteiger partial charge in [-0.1, -0.05) is 61.9 Å². The maximum Gasteiger partial charge on any atom is 0.247 e. The molecule has 0 saturated heterocycles. The van der Waals surface area contributed by atoms with E-state index in [2.05, 4.69) is 6.92 Å². The summed E-state index contributed by atoms with van der Waals surface area (Å²) < 4.78 is 0. The average Bonchev–Trinajstić information content (AvgIpc) is 3.06. The molecule has 3 aromatic rings. The Labute approximate surface area is 241 Å². The molecule has 0 aromatic heterocycles. The van der Waals surface area contributed by atoms with Crippen LogP contribution in [0.15, 0.2) is 91.3 Å². The molecule has 1 atom stereocenters. The van der Waals surface area contributed by atoms with Crippen molar-refractivity contribution in [1.82, 2.24) is 4.90 Å². The minimum absolute atomic E-state index is 0.0759. The van der Waals surface area contributed by atoms with Crippen molar-refractivity contribution in [2.45, 2.75) is 46.1 Å². The van der Waals surface area contributed by atoms with E-state index in [4.69, 9.17) is 11.1 Å². The number of carbonyl (C=O) groups is 3. The first-order chi connectivity index (χ1) is 19.7. The fourth-order valence-corrected chi connectivity index (χ4v) is 5.02. The van der Waals surface area contributed by atoms with Gasteiger partial charge >= 0.3 is 0 Å². The summed E-state index contributed by atoms with van der Waals surface area (Å²) in [6, 6.07) is 23.6. The lowest BCUT2D eigenvalue weighted by molar-refractivity contribution is -0.140. The van der Waals surface area contributed by atoms with E-state index >= 15 is 0 Å². The van der Waals surface area contributed by atoms with E-state index in [0.717, 1.165) is 18.5 Å². The van der Waals surface area contributed by atoms with Crippen LogP contribution in [0.5, 0.6) is 0 Å². The number of nitrogens with two attached hydrogens (primary N) is 1. The van der Waals surface area contributed by atoms with Crippen LogP contribution in [0.2, 0.25) is 0 Å². The SMILES string of the molecule is CCCc1ccc(N(C(=O)CN2C=CN(c3ccccc3)C(=O)C(CC(=N)c3ccccc3N)C2=O)C(C)C)cc1. The number of amides is 3. The molecule has 0 aliphatic carbocycles. The number of nitrogens with one attached hydrogen (secondary N) is 1. The van der Waals surface area contributed by atoms with Gasteiger partial charge in [-0.3, -0.25) is 19.3 Å². The highest BCUT2D eigenvalue weighted by atomic mass is 16.2. The van der Waals surface area contributed by atoms with Gasteiger partial charge in [-0.15, -0.1) is 0 Å². The number of benzene rings is 3. The van der Waals surface area contributed by atoms with Crippen LogP contribution >= 0.6 is 0 Å². The monoisotopic (exact) mass is 551 g/mol. The Morgan fingerprint density at radius 3 is 2.22 bits per heavy atom. The molecule has 3 amide bonds. The lowest BCUT2D eigenvalue weighted by Crippen LogP contribution is -2.46. The van der Waals surface area contributed by atoms with Crippen LogP contribution < -0.4 is 15.5 Å². The first-order valence-corrected chi connectivity index (χ1v) is 13.9. The van der Waals surface area contributed by atoms with Crippen molar-refractivity contribution < 1.29 is 14.4 Å². The zero-order valence-electron chi connectivity index (χ0n) is 23.8. The maximum absolute atomic E-state index is 13.9. The summed E-state index contributed by atoms with van der Waals surface area (Å²) in [5, 5.41) is 8.70. The van der Waals surface area contributed by atoms with Gasteiger partial charge in [0.05, 0.1) is 0 Å². The molecule has 1 heterocycles. The van der Waals surface area contributed by atoms with Crippen LogP contribution in [0.1, 0.15) is 44.7 Å². The summed E-state index contributed by atoms with van der Waals surface area (Å²) in [5.74, 6) is -2.51. The van der Waals surface area contributed by atoms with Crippen molar-refractivity contribution >= 4 is 40.5 Å². The quantitative estimate of drug-likeness (QED) is 0.200. The number of aryl methyl sites for hydroxylation is 1. The molecule has 0 spiro atoms. The summed E-state index contributed by atoms with van der Waals surface area (Å²) in [6.45, 7) is 5.72. The average molecular weight is 552 g/mol. The number of rotatable bonds is 10. The molecular formula is C33H37N5O3. The third kappa shape index (κ3) is 6.72. The standard InChI is InChI=1S/C33H37N5O3/c1-4-10-24-15-17-26(18-16-24)38(23(2)3)31(39)22-36-19-20-37(25-11-6-5-7-12-25)33(41)28(32(36)40)21-30(35)27-13-8-9-14-29(27)34/h5-9,11-20,23,28,35H,4,10,21-22,34H2,1-3H3. The summed E-state index contributed by atoms with van der Waals surface area (Å²) in [5.41, 5.74) is 9.56. The van der Waals surface area contributed by atoms with Gasteiger partial charge in [-0.2, -0.15) is 0 Å². The Kier molecular flexibility index (Phi) is 9.34. The van der Waals surface area contributed by atoms with E-state index in [1.807, 2.05) is 44.2 Å². The number of carbonyl (C=O) groups excluding carboxylic acids is 3. The van der Waals surface area contributed by atoms with E-state index < -0.39 is 17.7 Å². The second-order valence-corrected chi connectivity index (χ2v) is 10.4. The Balaban J connectivity index is 1.64. The van der Waals surface area contributed by atoms with Crippen molar-refractivity contribution in [3.05, 3.63) is 102 Å². The van der Waals surface area contributed by atoms with E-state index in [9.17, 15) is 14.4 Å². The largest absolute Gasteiger partial charge is 0.398 e. The number of nitrogen functional groups attached to an aromatic ring is 1. The minimum Gasteiger partial charge on any atom is -0.398 e. The number of hydrogen-bond acceptors (Lipinski definition) is 5. The Bertz CT molecular complexity index is 1430. The number of nitrogens with zero attached hydrogens (tertiary/aromatic N) is 3. The third-order valence-corrected chi connectivity index (χ3v) is 7.08. The fraction of sp³-hybridized carbons (Fsp3) is 0.273. The first-order valence-electron chi connectivity index (χ1n) is 13.9. The molecule has 0 bridgehead atoms. The highest BCUT2D eigenvalue weighted by Crippen LogP contribution is 2.26. The smallest absolute Gasteiger partial charge is 0.247 e. The van der Waals surface area contributed by atoms with Crippen LogP contribution in [0.3, 0.4) is 0 Å². The molecule has 41 heavy (non-hydrogen) atoms. The molecule has 8 nitrogen and oxygen atoms in total. The number of anilines is 3. The summed E-state index contributed by atoms with van der Waals surface area (Å²) >= 11 is 0. The van der Waals surface area contributed by atoms with Crippen molar-refractivity contribution in [3.8, 4) is 0 Å². The van der Waals surface area contributed by atoms with Crippen molar-refractivity contribution in [1.29, 1.82) is 5.41 Å². The van der Waals surface area contributed by atoms with Crippen LogP contribution in [0.4, 0.5) is 17.1 Å². The topological polar surface area (TPSA) is 111 Å². The maximum atomic E-state index is 13.9. The van der Waals surface area contributed by atoms with Gasteiger partial charge in [-0.05, 0) is 56.2 Å². The predicted molar refractivity (Wildman–Crippen MR) is 164 cm³/mol. The van der Waals surface area contributed by atoms with Crippen molar-refractivity contribution in [2.24, 2.45) is 5.92 Å². The highest BCUT2D eigenvalue weighted by molar-refractivity contribution is 6.15. The van der Waals surface area contributed by atoms with E-state index in [-0.39, 0.29) is 30.6 Å². The molecule has 212 valence electrons. The molecule has 8 heteroatoms. The van der Waals surface area contributed by atoms with Crippen molar-refractivity contribution in [2.75, 3.05) is 22.1 Å². The number of para-hydroxylation sites is 2. The second-order valence-electron chi connectivity index (χ2n) is 10.4. The van der Waals surface area contributed by atoms with Gasteiger partial charge in [-0.25, -0.2) is 0 Å². The van der Waals surface area contributed by atoms with Crippen molar-refractivity contribution in [3.63, 3.8) is 0 Å². The predicted octanol–water partition coefficient (Wildman–Crippen LogP) is 5.38. The fourth-order valence-electron chi connectivity index (χ4n) is 5.02. The van der Waals surface area contributed by atoms with Gasteiger partial charge in [0, 0.05) is 53.2 Å². The molecule has 1 aliphatic rings. The van der Waals surface area contributed by atoms with Gasteiger partial charge in [0.2, 0.25) is 17.7 Å². The minimum atomic E-state index is -1.22. The summed E-state index contributed by atoms with van der Waals surface area (Å²) in [7, 11) is 0. The normalized spacial score (nSPS) is 15.3. The Hall–Kier alpha value is -4.72. The molecular weight excluding hydrogens is 514 g/mol. The van der Waals surface area contributed by atoms with Gasteiger partial charge in [0.1, 0.15) is 12.5 Å². The van der Waals surface area contributed by atoms with Crippen LogP contribution in [-0.4, -0.2) is 40.9 Å². The Morgan fingerprint density at radius 2 is 1.59 bits per heavy atom. The molecule has 0 fully saturated rings. The molecule has 1 unspecified atom stereocenters. The van der Waals surface area contributed by atoms with E-state index in [1.54, 1.807) is 53.4 Å². The van der Waals surface area contributed by atoms with Crippen LogP contribution in [-0.2, 0) is 20.8 Å². The molecule has 1 aliphatic heterocycles. The summed E-state index contributed by atoms with van der Waals surface area (Å²) in [4.78, 5) is 45.7. The van der Waals surface area contributed by atoms with Crippen LogP contribution in [0.25, 0.3) is 0 Å². The molecule has 3 N–H and O–H groups in total. The summed E-state index contributed by atoms with van der Waals surface area (Å²) in [6.07, 6.45) is 4.83.